The molecule has 6 heteroatoms. The Morgan fingerprint density at radius 2 is 1.81 bits per heavy atom. The second kappa shape index (κ2) is 8.31. The number of carbonyl (C=O) groups is 2. The number of ether oxygens (including phenoxy) is 1. The van der Waals surface area contributed by atoms with Gasteiger partial charge in [-0.15, -0.1) is 0 Å². The maximum absolute atomic E-state index is 12.2. The lowest BCUT2D eigenvalue weighted by Crippen LogP contribution is -2.36. The zero-order valence-corrected chi connectivity index (χ0v) is 15.2. The van der Waals surface area contributed by atoms with E-state index in [9.17, 15) is 9.59 Å². The zero-order chi connectivity index (χ0) is 19.2. The minimum Gasteiger partial charge on any atom is -0.494 e. The lowest BCUT2D eigenvalue weighted by Gasteiger charge is -2.15. The van der Waals surface area contributed by atoms with E-state index in [1.165, 1.54) is 6.20 Å². The van der Waals surface area contributed by atoms with Gasteiger partial charge < -0.3 is 15.4 Å². The molecule has 0 saturated heterocycles. The van der Waals surface area contributed by atoms with Gasteiger partial charge in [0.1, 0.15) is 5.75 Å². The topological polar surface area (TPSA) is 80.3 Å². The summed E-state index contributed by atoms with van der Waals surface area (Å²) in [5.74, 6) is -0.671. The number of aromatic nitrogens is 1. The summed E-state index contributed by atoms with van der Waals surface area (Å²) in [7, 11) is 0. The number of fused-ring (bicyclic) bond motifs is 1. The molecule has 0 saturated carbocycles. The fourth-order valence-electron chi connectivity index (χ4n) is 2.69. The van der Waals surface area contributed by atoms with Crippen molar-refractivity contribution in [1.82, 2.24) is 10.3 Å². The molecule has 0 fully saturated rings. The van der Waals surface area contributed by atoms with Crippen LogP contribution in [-0.4, -0.2) is 23.4 Å². The molecule has 1 unspecified atom stereocenters. The van der Waals surface area contributed by atoms with Crippen molar-refractivity contribution in [2.45, 2.75) is 19.9 Å². The van der Waals surface area contributed by atoms with Crippen LogP contribution in [0.15, 0.2) is 60.8 Å². The number of hydrogen-bond acceptors (Lipinski definition) is 4. The third-order valence-electron chi connectivity index (χ3n) is 4.09. The van der Waals surface area contributed by atoms with Crippen LogP contribution >= 0.6 is 0 Å². The summed E-state index contributed by atoms with van der Waals surface area (Å²) >= 11 is 0. The minimum atomic E-state index is -0.732. The first-order valence-corrected chi connectivity index (χ1v) is 8.76. The van der Waals surface area contributed by atoms with Gasteiger partial charge in [0.15, 0.2) is 0 Å². The third kappa shape index (κ3) is 4.61. The molecule has 0 aliphatic rings. The summed E-state index contributed by atoms with van der Waals surface area (Å²) < 4.78 is 5.40. The summed E-state index contributed by atoms with van der Waals surface area (Å²) in [4.78, 5) is 28.6. The molecule has 3 aromatic rings. The van der Waals surface area contributed by atoms with E-state index in [2.05, 4.69) is 15.6 Å². The summed E-state index contributed by atoms with van der Waals surface area (Å²) in [5, 5.41) is 6.16. The van der Waals surface area contributed by atoms with Crippen LogP contribution in [0.4, 0.5) is 5.69 Å². The van der Waals surface area contributed by atoms with Crippen LogP contribution < -0.4 is 15.4 Å². The van der Waals surface area contributed by atoms with Crippen LogP contribution in [0.2, 0.25) is 0 Å². The minimum absolute atomic E-state index is 0.311. The Morgan fingerprint density at radius 1 is 1.07 bits per heavy atom. The van der Waals surface area contributed by atoms with E-state index in [0.29, 0.717) is 12.3 Å². The maximum atomic E-state index is 12.2. The Morgan fingerprint density at radius 3 is 2.56 bits per heavy atom. The number of hydrogen-bond donors (Lipinski definition) is 2. The van der Waals surface area contributed by atoms with Gasteiger partial charge in [0.2, 0.25) is 0 Å². The first-order chi connectivity index (χ1) is 13.1. The Kier molecular flexibility index (Phi) is 5.66. The molecule has 3 rings (SSSR count). The normalized spacial score (nSPS) is 11.6. The smallest absolute Gasteiger partial charge is 0.313 e. The van der Waals surface area contributed by atoms with Crippen LogP contribution in [-0.2, 0) is 9.59 Å². The van der Waals surface area contributed by atoms with Crippen molar-refractivity contribution in [3.63, 3.8) is 0 Å². The highest BCUT2D eigenvalue weighted by atomic mass is 16.5. The number of rotatable bonds is 5. The van der Waals surface area contributed by atoms with E-state index in [0.717, 1.165) is 22.2 Å². The Bertz CT molecular complexity index is 954. The zero-order valence-electron chi connectivity index (χ0n) is 15.2. The third-order valence-corrected chi connectivity index (χ3v) is 4.09. The standard InChI is InChI=1S/C21H21N3O3/c1-3-27-18-10-8-15(9-11-18)14(2)23-20(25)21(26)24-17-12-16-6-4-5-7-19(16)22-13-17/h4-14H,3H2,1-2H3,(H,23,25)(H,24,26). The number of nitrogens with zero attached hydrogens (tertiary/aromatic N) is 1. The van der Waals surface area contributed by atoms with Crippen molar-refractivity contribution in [1.29, 1.82) is 0 Å². The van der Waals surface area contributed by atoms with E-state index < -0.39 is 11.8 Å². The highest BCUT2D eigenvalue weighted by molar-refractivity contribution is 6.39. The quantitative estimate of drug-likeness (QED) is 0.681. The van der Waals surface area contributed by atoms with Crippen molar-refractivity contribution in [3.05, 3.63) is 66.4 Å². The largest absolute Gasteiger partial charge is 0.494 e. The Labute approximate surface area is 157 Å². The molecule has 0 spiro atoms. The molecule has 0 bridgehead atoms. The van der Waals surface area contributed by atoms with Gasteiger partial charge in [-0.25, -0.2) is 0 Å². The number of nitrogens with one attached hydrogen (secondary N) is 2. The molecule has 2 aromatic carbocycles. The van der Waals surface area contributed by atoms with Gasteiger partial charge in [0, 0.05) is 5.39 Å². The van der Waals surface area contributed by atoms with E-state index in [1.807, 2.05) is 62.4 Å². The summed E-state index contributed by atoms with van der Waals surface area (Å²) in [6.45, 7) is 4.33. The predicted octanol–water partition coefficient (Wildman–Crippen LogP) is 3.45. The van der Waals surface area contributed by atoms with Crippen LogP contribution in [0.25, 0.3) is 10.9 Å². The predicted molar refractivity (Wildman–Crippen MR) is 105 cm³/mol. The van der Waals surface area contributed by atoms with Crippen LogP contribution in [0.5, 0.6) is 5.75 Å². The van der Waals surface area contributed by atoms with Crippen molar-refractivity contribution < 1.29 is 14.3 Å². The molecule has 1 heterocycles. The second-order valence-corrected chi connectivity index (χ2v) is 6.07. The number of para-hydroxylation sites is 1. The molecule has 6 nitrogen and oxygen atoms in total. The van der Waals surface area contributed by atoms with Crippen LogP contribution in [0.1, 0.15) is 25.5 Å². The summed E-state index contributed by atoms with van der Waals surface area (Å²) in [5.41, 5.74) is 2.18. The lowest BCUT2D eigenvalue weighted by molar-refractivity contribution is -0.136. The number of amides is 2. The van der Waals surface area contributed by atoms with E-state index in [1.54, 1.807) is 6.07 Å². The fraction of sp³-hybridized carbons (Fsp3) is 0.190. The second-order valence-electron chi connectivity index (χ2n) is 6.07. The molecule has 2 N–H and O–H groups in total. The number of carbonyl (C=O) groups excluding carboxylic acids is 2. The lowest BCUT2D eigenvalue weighted by atomic mass is 10.1. The average molecular weight is 363 g/mol. The van der Waals surface area contributed by atoms with Gasteiger partial charge in [-0.1, -0.05) is 30.3 Å². The van der Waals surface area contributed by atoms with E-state index in [4.69, 9.17) is 4.74 Å². The SMILES string of the molecule is CCOc1ccc(C(C)NC(=O)C(=O)Nc2cnc3ccccc3c2)cc1. The summed E-state index contributed by atoms with van der Waals surface area (Å²) in [6.07, 6.45) is 1.53. The Balaban J connectivity index is 1.61. The van der Waals surface area contributed by atoms with E-state index in [-0.39, 0.29) is 6.04 Å². The van der Waals surface area contributed by atoms with Gasteiger partial charge in [-0.3, -0.25) is 14.6 Å². The molecular formula is C21H21N3O3. The van der Waals surface area contributed by atoms with Gasteiger partial charge in [-0.05, 0) is 43.7 Å². The molecule has 0 radical (unpaired) electrons. The Hall–Kier alpha value is -3.41. The number of pyridine rings is 1. The first kappa shape index (κ1) is 18.4. The van der Waals surface area contributed by atoms with Crippen molar-refractivity contribution >= 4 is 28.4 Å². The van der Waals surface area contributed by atoms with Crippen molar-refractivity contribution in [2.75, 3.05) is 11.9 Å². The van der Waals surface area contributed by atoms with Gasteiger partial charge in [0.05, 0.1) is 30.0 Å². The highest BCUT2D eigenvalue weighted by Gasteiger charge is 2.17. The molecule has 27 heavy (non-hydrogen) atoms. The number of anilines is 1. The van der Waals surface area contributed by atoms with Crippen LogP contribution in [0.3, 0.4) is 0 Å². The monoisotopic (exact) mass is 363 g/mol. The molecule has 1 atom stereocenters. The summed E-state index contributed by atoms with van der Waals surface area (Å²) in [6, 6.07) is 16.4. The molecule has 0 aliphatic heterocycles. The van der Waals surface area contributed by atoms with Crippen molar-refractivity contribution in [2.24, 2.45) is 0 Å². The van der Waals surface area contributed by atoms with Gasteiger partial charge in [0.25, 0.3) is 0 Å². The van der Waals surface area contributed by atoms with Gasteiger partial charge in [-0.2, -0.15) is 0 Å². The molecule has 1 aromatic heterocycles. The van der Waals surface area contributed by atoms with E-state index >= 15 is 0 Å². The van der Waals surface area contributed by atoms with Crippen molar-refractivity contribution in [3.8, 4) is 5.75 Å². The molecule has 2 amide bonds. The first-order valence-electron chi connectivity index (χ1n) is 8.76. The molecule has 138 valence electrons. The van der Waals surface area contributed by atoms with Crippen LogP contribution in [0, 0.1) is 0 Å². The van der Waals surface area contributed by atoms with Gasteiger partial charge >= 0.3 is 11.8 Å². The molecular weight excluding hydrogens is 342 g/mol. The molecule has 0 aliphatic carbocycles. The highest BCUT2D eigenvalue weighted by Crippen LogP contribution is 2.18. The number of benzene rings is 2. The fourth-order valence-corrected chi connectivity index (χ4v) is 2.69. The maximum Gasteiger partial charge on any atom is 0.313 e. The average Bonchev–Trinajstić information content (AvgIpc) is 2.68.